The predicted molar refractivity (Wildman–Crippen MR) is 71.2 cm³/mol. The van der Waals surface area contributed by atoms with Crippen LogP contribution in [0.3, 0.4) is 0 Å². The van der Waals surface area contributed by atoms with Gasteiger partial charge in [0.05, 0.1) is 18.4 Å². The van der Waals surface area contributed by atoms with Gasteiger partial charge in [0.25, 0.3) is 0 Å². The fraction of sp³-hybridized carbons (Fsp3) is 0.727. The molecule has 8 heteroatoms. The van der Waals surface area contributed by atoms with Crippen molar-refractivity contribution in [3.05, 3.63) is 18.2 Å². The molecule has 0 aromatic carbocycles. The Morgan fingerprint density at radius 3 is 3.00 bits per heavy atom. The Labute approximate surface area is 113 Å². The van der Waals surface area contributed by atoms with Crippen LogP contribution in [-0.2, 0) is 14.8 Å². The van der Waals surface area contributed by atoms with Gasteiger partial charge < -0.3 is 9.72 Å². The van der Waals surface area contributed by atoms with E-state index in [0.29, 0.717) is 13.1 Å². The summed E-state index contributed by atoms with van der Waals surface area (Å²) < 4.78 is 30.0. The molecule has 0 radical (unpaired) electrons. The first-order valence-corrected chi connectivity index (χ1v) is 8.09. The average molecular weight is 288 g/mol. The van der Waals surface area contributed by atoms with E-state index < -0.39 is 10.0 Å². The van der Waals surface area contributed by atoms with Crippen LogP contribution in [0, 0.1) is 0 Å². The molecular weight excluding hydrogens is 268 g/mol. The molecule has 1 fully saturated rings. The highest BCUT2D eigenvalue weighted by molar-refractivity contribution is 7.88. The molecule has 1 aliphatic rings. The van der Waals surface area contributed by atoms with Crippen LogP contribution in [0.2, 0.25) is 0 Å². The molecule has 1 unspecified atom stereocenters. The van der Waals surface area contributed by atoms with Gasteiger partial charge in [-0.1, -0.05) is 0 Å². The fourth-order valence-corrected chi connectivity index (χ4v) is 2.86. The van der Waals surface area contributed by atoms with E-state index in [1.54, 1.807) is 19.5 Å². The maximum Gasteiger partial charge on any atom is 0.208 e. The molecule has 1 aromatic heterocycles. The van der Waals surface area contributed by atoms with Crippen LogP contribution >= 0.6 is 0 Å². The SMILES string of the molecule is CO[C@@H]1CC(c2ncc[nH]2)N(CCNS(C)(=O)=O)C1. The standard InChI is InChI=1S/C11H20N4O3S/c1-18-9-7-10(11-12-3-4-13-11)15(8-9)6-5-14-19(2,16)17/h3-4,9-10,14H,5-8H2,1-2H3,(H,12,13)/t9-,10?/m1/s1. The quantitative estimate of drug-likeness (QED) is 0.752. The lowest BCUT2D eigenvalue weighted by atomic mass is 10.2. The maximum absolute atomic E-state index is 11.1. The zero-order valence-corrected chi connectivity index (χ0v) is 12.0. The van der Waals surface area contributed by atoms with Gasteiger partial charge in [0.1, 0.15) is 5.82 Å². The fourth-order valence-electron chi connectivity index (χ4n) is 2.40. The molecule has 0 saturated carbocycles. The number of aromatic nitrogens is 2. The van der Waals surface area contributed by atoms with Crippen molar-refractivity contribution in [1.82, 2.24) is 19.6 Å². The molecule has 19 heavy (non-hydrogen) atoms. The van der Waals surface area contributed by atoms with E-state index in [-0.39, 0.29) is 12.1 Å². The molecule has 0 amide bonds. The number of nitrogens with one attached hydrogen (secondary N) is 2. The average Bonchev–Trinajstić information content (AvgIpc) is 2.94. The highest BCUT2D eigenvalue weighted by atomic mass is 32.2. The van der Waals surface area contributed by atoms with E-state index in [1.165, 1.54) is 6.26 Å². The van der Waals surface area contributed by atoms with Crippen molar-refractivity contribution in [3.8, 4) is 0 Å². The lowest BCUT2D eigenvalue weighted by Gasteiger charge is -2.22. The number of ether oxygens (including phenoxy) is 1. The molecule has 7 nitrogen and oxygen atoms in total. The van der Waals surface area contributed by atoms with E-state index >= 15 is 0 Å². The number of hydrogen-bond acceptors (Lipinski definition) is 5. The summed E-state index contributed by atoms with van der Waals surface area (Å²) in [6.45, 7) is 1.82. The van der Waals surface area contributed by atoms with Crippen LogP contribution in [0.25, 0.3) is 0 Å². The van der Waals surface area contributed by atoms with Gasteiger partial charge >= 0.3 is 0 Å². The largest absolute Gasteiger partial charge is 0.380 e. The topological polar surface area (TPSA) is 87.3 Å². The van der Waals surface area contributed by atoms with Gasteiger partial charge in [0.2, 0.25) is 10.0 Å². The van der Waals surface area contributed by atoms with Gasteiger partial charge in [-0.15, -0.1) is 0 Å². The van der Waals surface area contributed by atoms with E-state index in [9.17, 15) is 8.42 Å². The second-order valence-corrected chi connectivity index (χ2v) is 6.58. The molecule has 2 atom stereocenters. The molecule has 2 rings (SSSR count). The second kappa shape index (κ2) is 6.00. The van der Waals surface area contributed by atoms with E-state index in [2.05, 4.69) is 19.6 Å². The zero-order valence-electron chi connectivity index (χ0n) is 11.2. The van der Waals surface area contributed by atoms with Gasteiger partial charge in [-0.05, 0) is 6.42 Å². The summed E-state index contributed by atoms with van der Waals surface area (Å²) in [4.78, 5) is 9.58. The molecule has 1 saturated heterocycles. The van der Waals surface area contributed by atoms with Crippen molar-refractivity contribution in [2.45, 2.75) is 18.6 Å². The Bertz CT molecular complexity index is 488. The van der Waals surface area contributed by atoms with E-state index in [1.807, 2.05) is 0 Å². The highest BCUT2D eigenvalue weighted by Crippen LogP contribution is 2.30. The molecule has 108 valence electrons. The number of H-pyrrole nitrogens is 1. The van der Waals surface area contributed by atoms with Crippen molar-refractivity contribution in [2.75, 3.05) is 33.0 Å². The van der Waals surface area contributed by atoms with Crippen molar-refractivity contribution in [3.63, 3.8) is 0 Å². The Morgan fingerprint density at radius 1 is 1.63 bits per heavy atom. The van der Waals surface area contributed by atoms with Crippen molar-refractivity contribution in [1.29, 1.82) is 0 Å². The Kier molecular flexibility index (Phi) is 4.56. The van der Waals surface area contributed by atoms with Crippen LogP contribution in [0.15, 0.2) is 12.4 Å². The summed E-state index contributed by atoms with van der Waals surface area (Å²) in [5.41, 5.74) is 0. The van der Waals surface area contributed by atoms with Crippen molar-refractivity contribution in [2.24, 2.45) is 0 Å². The number of sulfonamides is 1. The lowest BCUT2D eigenvalue weighted by Crippen LogP contribution is -2.35. The highest BCUT2D eigenvalue weighted by Gasteiger charge is 2.34. The maximum atomic E-state index is 11.1. The van der Waals surface area contributed by atoms with Crippen LogP contribution in [-0.4, -0.2) is 62.4 Å². The molecular formula is C11H20N4O3S. The van der Waals surface area contributed by atoms with Crippen molar-refractivity contribution < 1.29 is 13.2 Å². The van der Waals surface area contributed by atoms with Crippen LogP contribution in [0.1, 0.15) is 18.3 Å². The first kappa shape index (κ1) is 14.4. The number of methoxy groups -OCH3 is 1. The summed E-state index contributed by atoms with van der Waals surface area (Å²) in [7, 11) is -1.44. The molecule has 1 aliphatic heterocycles. The van der Waals surface area contributed by atoms with Gasteiger partial charge in [-0.25, -0.2) is 18.1 Å². The Balaban J connectivity index is 1.96. The Morgan fingerprint density at radius 2 is 2.42 bits per heavy atom. The number of aromatic amines is 1. The van der Waals surface area contributed by atoms with E-state index in [0.717, 1.165) is 18.8 Å². The summed E-state index contributed by atoms with van der Waals surface area (Å²) in [6, 6.07) is 0.154. The number of rotatable bonds is 6. The zero-order chi connectivity index (χ0) is 13.9. The second-order valence-electron chi connectivity index (χ2n) is 4.75. The summed E-state index contributed by atoms with van der Waals surface area (Å²) in [5.74, 6) is 0.902. The summed E-state index contributed by atoms with van der Waals surface area (Å²) in [5, 5.41) is 0. The molecule has 0 spiro atoms. The minimum atomic E-state index is -3.14. The number of likely N-dealkylation sites (tertiary alicyclic amines) is 1. The van der Waals surface area contributed by atoms with Gasteiger partial charge in [-0.3, -0.25) is 4.90 Å². The first-order chi connectivity index (χ1) is 8.99. The smallest absolute Gasteiger partial charge is 0.208 e. The number of hydrogen-bond donors (Lipinski definition) is 2. The Hall–Kier alpha value is -0.960. The number of imidazole rings is 1. The first-order valence-electron chi connectivity index (χ1n) is 6.20. The third-order valence-electron chi connectivity index (χ3n) is 3.30. The minimum absolute atomic E-state index is 0.154. The third kappa shape index (κ3) is 4.00. The monoisotopic (exact) mass is 288 g/mol. The van der Waals surface area contributed by atoms with Crippen LogP contribution in [0.4, 0.5) is 0 Å². The molecule has 0 bridgehead atoms. The number of nitrogens with zero attached hydrogens (tertiary/aromatic N) is 2. The molecule has 1 aromatic rings. The predicted octanol–water partition coefficient (Wildman–Crippen LogP) is -0.279. The molecule has 2 N–H and O–H groups in total. The minimum Gasteiger partial charge on any atom is -0.380 e. The normalized spacial score (nSPS) is 24.9. The lowest BCUT2D eigenvalue weighted by molar-refractivity contribution is 0.108. The van der Waals surface area contributed by atoms with E-state index in [4.69, 9.17) is 4.74 Å². The van der Waals surface area contributed by atoms with Gasteiger partial charge in [0.15, 0.2) is 0 Å². The molecule has 0 aliphatic carbocycles. The third-order valence-corrected chi connectivity index (χ3v) is 4.03. The van der Waals surface area contributed by atoms with Crippen molar-refractivity contribution >= 4 is 10.0 Å². The summed E-state index contributed by atoms with van der Waals surface area (Å²) >= 11 is 0. The van der Waals surface area contributed by atoms with Crippen LogP contribution < -0.4 is 4.72 Å². The summed E-state index contributed by atoms with van der Waals surface area (Å²) in [6.07, 6.45) is 5.71. The van der Waals surface area contributed by atoms with Gasteiger partial charge in [0, 0.05) is 39.1 Å². The van der Waals surface area contributed by atoms with Crippen LogP contribution in [0.5, 0.6) is 0 Å². The van der Waals surface area contributed by atoms with Gasteiger partial charge in [-0.2, -0.15) is 0 Å². The molecule has 2 heterocycles.